The molecule has 0 fully saturated rings. The summed E-state index contributed by atoms with van der Waals surface area (Å²) in [6.07, 6.45) is 14.7. The molecule has 4 heterocycles. The van der Waals surface area contributed by atoms with Gasteiger partial charge >= 0.3 is 0 Å². The topological polar surface area (TPSA) is 67.8 Å². The molecule has 0 unspecified atom stereocenters. The van der Waals surface area contributed by atoms with E-state index < -0.39 is 0 Å². The van der Waals surface area contributed by atoms with Crippen molar-refractivity contribution >= 4 is 85.3 Å². The van der Waals surface area contributed by atoms with E-state index in [0.29, 0.717) is 0 Å². The maximum Gasteiger partial charge on any atom is 0.0492 e. The van der Waals surface area contributed by atoms with Crippen LogP contribution < -0.4 is 24.5 Å². The fourth-order valence-electron chi connectivity index (χ4n) is 12.9. The Kier molecular flexibility index (Phi) is 17.4. The molecule has 11 aromatic carbocycles. The Balaban J connectivity index is 0.641. The maximum atomic E-state index is 4.38. The first kappa shape index (κ1) is 61.2. The van der Waals surface area contributed by atoms with Gasteiger partial charge < -0.3 is 24.5 Å². The standard InChI is InChI=1S/C89H69N9/c1-64-10-28-75(29-11-64)94(84-46-54-90-55-47-84)76-30-12-67(13-31-76)68-14-32-77(33-15-68)95(85-48-56-91-57-49-85)78-34-16-69(17-35-78)70-18-36-79(37-19-70)96(86-50-58-92-59-51-86)80-38-20-71(21-39-80)72-22-40-81(41-23-72)97(87-52-60-93-61-53-87)82-42-24-73(25-43-82)74-26-44-83(45-27-74)98(88-8-4-6-65(2)62-88)89-9-5-7-66(3)63-89/h4-63H,1-3H3. The van der Waals surface area contributed by atoms with Crippen molar-refractivity contribution in [2.24, 2.45) is 0 Å². The Bertz CT molecular complexity index is 5060. The molecule has 0 amide bonds. The van der Waals surface area contributed by atoms with Crippen LogP contribution in [0.1, 0.15) is 16.7 Å². The molecule has 15 aromatic rings. The van der Waals surface area contributed by atoms with Crippen LogP contribution >= 0.6 is 0 Å². The van der Waals surface area contributed by atoms with Crippen molar-refractivity contribution in [3.8, 4) is 44.5 Å². The fraction of sp³-hybridized carbons (Fsp3) is 0.0337. The summed E-state index contributed by atoms with van der Waals surface area (Å²) in [6.45, 7) is 6.40. The number of aromatic nitrogens is 4. The van der Waals surface area contributed by atoms with Crippen molar-refractivity contribution in [3.63, 3.8) is 0 Å². The quantitative estimate of drug-likeness (QED) is 0.0787. The third-order valence-electron chi connectivity index (χ3n) is 17.8. The number of aryl methyl sites for hydroxylation is 3. The molecule has 0 aliphatic heterocycles. The molecular formula is C89H69N9. The minimum Gasteiger partial charge on any atom is -0.310 e. The van der Waals surface area contributed by atoms with Gasteiger partial charge in [0.1, 0.15) is 0 Å². The molecule has 98 heavy (non-hydrogen) atoms. The predicted octanol–water partition coefficient (Wildman–Crippen LogP) is 24.2. The van der Waals surface area contributed by atoms with Crippen LogP contribution in [-0.2, 0) is 0 Å². The molecule has 0 radical (unpaired) electrons. The molecule has 9 heteroatoms. The van der Waals surface area contributed by atoms with Gasteiger partial charge in [-0.25, -0.2) is 0 Å². The Hall–Kier alpha value is -13.0. The second-order valence-corrected chi connectivity index (χ2v) is 24.4. The van der Waals surface area contributed by atoms with Crippen molar-refractivity contribution in [1.82, 2.24) is 19.9 Å². The molecule has 9 nitrogen and oxygen atoms in total. The minimum atomic E-state index is 1.01. The fourth-order valence-corrected chi connectivity index (χ4v) is 12.9. The van der Waals surface area contributed by atoms with Gasteiger partial charge in [-0.3, -0.25) is 19.9 Å². The van der Waals surface area contributed by atoms with Gasteiger partial charge in [0.05, 0.1) is 0 Å². The highest BCUT2D eigenvalue weighted by Gasteiger charge is 2.20. The lowest BCUT2D eigenvalue weighted by Crippen LogP contribution is -2.10. The van der Waals surface area contributed by atoms with Crippen LogP contribution in [0, 0.1) is 20.8 Å². The van der Waals surface area contributed by atoms with E-state index >= 15 is 0 Å². The van der Waals surface area contributed by atoms with Crippen LogP contribution in [0.15, 0.2) is 365 Å². The third kappa shape index (κ3) is 13.3. The van der Waals surface area contributed by atoms with E-state index in [0.717, 1.165) is 130 Å². The summed E-state index contributed by atoms with van der Waals surface area (Å²) in [5.41, 5.74) is 28.6. The lowest BCUT2D eigenvalue weighted by atomic mass is 10.0. The smallest absolute Gasteiger partial charge is 0.0492 e. The molecule has 0 spiro atoms. The lowest BCUT2D eigenvalue weighted by Gasteiger charge is -2.27. The summed E-state index contributed by atoms with van der Waals surface area (Å²) in [6, 6.07) is 113. The van der Waals surface area contributed by atoms with Gasteiger partial charge in [-0.2, -0.15) is 0 Å². The van der Waals surface area contributed by atoms with Crippen molar-refractivity contribution in [2.45, 2.75) is 20.8 Å². The van der Waals surface area contributed by atoms with Crippen molar-refractivity contribution < 1.29 is 0 Å². The molecule has 0 N–H and O–H groups in total. The SMILES string of the molecule is Cc1ccc(N(c2ccncc2)c2ccc(-c3ccc(N(c4ccncc4)c4ccc(-c5ccc(N(c6ccncc6)c6ccc(-c7ccc(N(c8ccncc8)c8ccc(-c9ccc(N(c%10cccc(C)c%10)c%10cccc(C)c%10)cc9)cc8)cc7)cc6)cc5)cc4)cc3)cc2)cc1. The molecule has 0 atom stereocenters. The molecule has 4 aromatic heterocycles. The van der Waals surface area contributed by atoms with Gasteiger partial charge in [-0.05, 0) is 258 Å². The minimum absolute atomic E-state index is 1.01. The van der Waals surface area contributed by atoms with Crippen LogP contribution in [0.3, 0.4) is 0 Å². The van der Waals surface area contributed by atoms with E-state index in [9.17, 15) is 0 Å². The number of anilines is 15. The maximum absolute atomic E-state index is 4.38. The Morgan fingerprint density at radius 2 is 0.316 bits per heavy atom. The largest absolute Gasteiger partial charge is 0.310 e. The summed E-state index contributed by atoms with van der Waals surface area (Å²) in [4.78, 5) is 28.8. The number of nitrogens with zero attached hydrogens (tertiary/aromatic N) is 9. The van der Waals surface area contributed by atoms with Crippen LogP contribution in [-0.4, -0.2) is 19.9 Å². The van der Waals surface area contributed by atoms with Crippen LogP contribution in [0.2, 0.25) is 0 Å². The number of rotatable bonds is 19. The zero-order valence-electron chi connectivity index (χ0n) is 54.7. The van der Waals surface area contributed by atoms with Crippen molar-refractivity contribution in [3.05, 3.63) is 382 Å². The first-order valence-corrected chi connectivity index (χ1v) is 32.9. The summed E-state index contributed by atoms with van der Waals surface area (Å²) in [5.74, 6) is 0. The number of hydrogen-bond donors (Lipinski definition) is 0. The first-order chi connectivity index (χ1) is 48.3. The normalized spacial score (nSPS) is 11.0. The summed E-state index contributed by atoms with van der Waals surface area (Å²) < 4.78 is 0. The average Bonchev–Trinajstić information content (AvgIpc) is 1.04. The monoisotopic (exact) mass is 1260 g/mol. The van der Waals surface area contributed by atoms with Crippen molar-refractivity contribution in [1.29, 1.82) is 0 Å². The van der Waals surface area contributed by atoms with Gasteiger partial charge in [-0.1, -0.05) is 139 Å². The highest BCUT2D eigenvalue weighted by Crippen LogP contribution is 2.43. The van der Waals surface area contributed by atoms with Gasteiger partial charge in [0.15, 0.2) is 0 Å². The molecule has 0 bridgehead atoms. The second kappa shape index (κ2) is 27.9. The number of hydrogen-bond acceptors (Lipinski definition) is 9. The number of pyridine rings is 4. The van der Waals surface area contributed by atoms with Gasteiger partial charge in [-0.15, -0.1) is 0 Å². The Labute approximate surface area is 573 Å². The summed E-state index contributed by atoms with van der Waals surface area (Å²) in [7, 11) is 0. The Morgan fingerprint density at radius 1 is 0.153 bits per heavy atom. The van der Waals surface area contributed by atoms with Crippen LogP contribution in [0.5, 0.6) is 0 Å². The zero-order chi connectivity index (χ0) is 66.2. The molecule has 15 rings (SSSR count). The van der Waals surface area contributed by atoms with Crippen LogP contribution in [0.25, 0.3) is 44.5 Å². The van der Waals surface area contributed by atoms with E-state index in [1.54, 1.807) is 0 Å². The van der Waals surface area contributed by atoms with Gasteiger partial charge in [0.2, 0.25) is 0 Å². The molecular weight excluding hydrogens is 1200 g/mol. The molecule has 0 saturated heterocycles. The van der Waals surface area contributed by atoms with E-state index in [1.165, 1.54) is 16.7 Å². The van der Waals surface area contributed by atoms with E-state index in [-0.39, 0.29) is 0 Å². The first-order valence-electron chi connectivity index (χ1n) is 32.9. The summed E-state index contributed by atoms with van der Waals surface area (Å²) in [5, 5.41) is 0. The number of benzene rings is 11. The van der Waals surface area contributed by atoms with E-state index in [1.807, 2.05) is 61.7 Å². The highest BCUT2D eigenvalue weighted by molar-refractivity contribution is 5.86. The third-order valence-corrected chi connectivity index (χ3v) is 17.8. The summed E-state index contributed by atoms with van der Waals surface area (Å²) >= 11 is 0. The zero-order valence-corrected chi connectivity index (χ0v) is 54.7. The van der Waals surface area contributed by atoms with E-state index in [4.69, 9.17) is 0 Å². The lowest BCUT2D eigenvalue weighted by molar-refractivity contribution is 1.24. The average molecular weight is 1260 g/mol. The Morgan fingerprint density at radius 3 is 0.500 bits per heavy atom. The molecule has 470 valence electrons. The molecule has 0 aliphatic rings. The van der Waals surface area contributed by atoms with Gasteiger partial charge in [0.25, 0.3) is 0 Å². The van der Waals surface area contributed by atoms with E-state index in [2.05, 4.69) is 369 Å². The van der Waals surface area contributed by atoms with Crippen LogP contribution in [0.4, 0.5) is 85.3 Å². The van der Waals surface area contributed by atoms with Gasteiger partial charge in [0, 0.05) is 135 Å². The van der Waals surface area contributed by atoms with Crippen molar-refractivity contribution in [2.75, 3.05) is 24.5 Å². The second-order valence-electron chi connectivity index (χ2n) is 24.4. The highest BCUT2D eigenvalue weighted by atomic mass is 15.2. The molecule has 0 saturated carbocycles. The predicted molar refractivity (Wildman–Crippen MR) is 407 cm³/mol. The molecule has 0 aliphatic carbocycles.